The van der Waals surface area contributed by atoms with Crippen molar-refractivity contribution in [2.75, 3.05) is 30.7 Å². The second kappa shape index (κ2) is 10.2. The zero-order valence-electron chi connectivity index (χ0n) is 19.8. The van der Waals surface area contributed by atoms with Crippen molar-refractivity contribution in [2.45, 2.75) is 38.3 Å². The fourth-order valence-corrected chi connectivity index (χ4v) is 5.62. The number of unbranched alkanes of at least 4 members (excludes halogenated alkanes) is 1. The quantitative estimate of drug-likeness (QED) is 0.536. The molecule has 4 rings (SSSR count). The molecule has 0 radical (unpaired) electrons. The van der Waals surface area contributed by atoms with Crippen LogP contribution in [-0.2, 0) is 20.6 Å². The molecule has 1 fully saturated rings. The molecule has 2 aliphatic rings. The average Bonchev–Trinajstić information content (AvgIpc) is 3.25. The van der Waals surface area contributed by atoms with Gasteiger partial charge in [-0.25, -0.2) is 12.8 Å². The SMILES string of the molecule is CCCCS(=O)(=O)Nc1ccc(C=C2CCCN3C2=NOC3(CO)c2ccc(F)cc2)cc1OC. The minimum Gasteiger partial charge on any atom is -0.495 e. The molecular formula is C25H30FN3O5S. The number of anilines is 1. The van der Waals surface area contributed by atoms with Crippen LogP contribution in [0.1, 0.15) is 43.7 Å². The monoisotopic (exact) mass is 503 g/mol. The van der Waals surface area contributed by atoms with Crippen LogP contribution in [0.25, 0.3) is 6.08 Å². The van der Waals surface area contributed by atoms with Crippen molar-refractivity contribution in [1.82, 2.24) is 4.90 Å². The van der Waals surface area contributed by atoms with Gasteiger partial charge in [0.1, 0.15) is 18.2 Å². The Balaban J connectivity index is 1.60. The van der Waals surface area contributed by atoms with E-state index in [1.807, 2.05) is 24.0 Å². The predicted molar refractivity (Wildman–Crippen MR) is 133 cm³/mol. The van der Waals surface area contributed by atoms with E-state index in [-0.39, 0.29) is 18.2 Å². The van der Waals surface area contributed by atoms with Gasteiger partial charge < -0.3 is 19.6 Å². The molecule has 8 nitrogen and oxygen atoms in total. The first-order chi connectivity index (χ1) is 16.8. The van der Waals surface area contributed by atoms with Crippen molar-refractivity contribution in [3.63, 3.8) is 0 Å². The Morgan fingerprint density at radius 2 is 2.06 bits per heavy atom. The van der Waals surface area contributed by atoms with Gasteiger partial charge in [0.2, 0.25) is 10.0 Å². The highest BCUT2D eigenvalue weighted by molar-refractivity contribution is 7.92. The van der Waals surface area contributed by atoms with Gasteiger partial charge >= 0.3 is 0 Å². The third-order valence-electron chi connectivity index (χ3n) is 6.20. The number of benzene rings is 2. The number of amidine groups is 1. The number of sulfonamides is 1. The highest BCUT2D eigenvalue weighted by Crippen LogP contribution is 2.40. The van der Waals surface area contributed by atoms with Gasteiger partial charge in [-0.05, 0) is 72.9 Å². The summed E-state index contributed by atoms with van der Waals surface area (Å²) in [5.41, 5.74) is 1.50. The van der Waals surface area contributed by atoms with E-state index in [1.54, 1.807) is 24.3 Å². The Bertz CT molecular complexity index is 1230. The third-order valence-corrected chi connectivity index (χ3v) is 7.56. The number of fused-ring (bicyclic) bond motifs is 1. The molecule has 0 spiro atoms. The van der Waals surface area contributed by atoms with Gasteiger partial charge in [0.25, 0.3) is 5.72 Å². The van der Waals surface area contributed by atoms with E-state index in [4.69, 9.17) is 9.57 Å². The molecule has 1 saturated heterocycles. The van der Waals surface area contributed by atoms with Gasteiger partial charge in [0, 0.05) is 12.1 Å². The van der Waals surface area contributed by atoms with Crippen LogP contribution < -0.4 is 9.46 Å². The molecule has 2 aromatic carbocycles. The maximum absolute atomic E-state index is 13.5. The van der Waals surface area contributed by atoms with Gasteiger partial charge in [0.05, 0.1) is 18.6 Å². The lowest BCUT2D eigenvalue weighted by Gasteiger charge is -2.38. The van der Waals surface area contributed by atoms with E-state index in [0.717, 1.165) is 30.4 Å². The summed E-state index contributed by atoms with van der Waals surface area (Å²) in [5.74, 6) is 0.699. The van der Waals surface area contributed by atoms with Crippen molar-refractivity contribution in [3.05, 3.63) is 65.0 Å². The fourth-order valence-electron chi connectivity index (χ4n) is 4.34. The van der Waals surface area contributed by atoms with Crippen molar-refractivity contribution >= 4 is 27.6 Å². The first kappa shape index (κ1) is 25.0. The summed E-state index contributed by atoms with van der Waals surface area (Å²) in [4.78, 5) is 7.69. The van der Waals surface area contributed by atoms with Gasteiger partial charge in [-0.3, -0.25) is 4.72 Å². The van der Waals surface area contributed by atoms with E-state index in [9.17, 15) is 17.9 Å². The Labute approximate surface area is 205 Å². The van der Waals surface area contributed by atoms with Crippen LogP contribution >= 0.6 is 0 Å². The van der Waals surface area contributed by atoms with Gasteiger partial charge in [-0.1, -0.05) is 24.6 Å². The van der Waals surface area contributed by atoms with Crippen LogP contribution in [0.5, 0.6) is 5.75 Å². The number of methoxy groups -OCH3 is 1. The summed E-state index contributed by atoms with van der Waals surface area (Å²) in [7, 11) is -1.97. The first-order valence-electron chi connectivity index (χ1n) is 11.6. The number of oxime groups is 1. The molecule has 0 amide bonds. The molecular weight excluding hydrogens is 473 g/mol. The molecule has 2 heterocycles. The maximum atomic E-state index is 13.5. The minimum atomic E-state index is -3.46. The van der Waals surface area contributed by atoms with Gasteiger partial charge in [-0.2, -0.15) is 0 Å². The van der Waals surface area contributed by atoms with E-state index < -0.39 is 15.7 Å². The smallest absolute Gasteiger partial charge is 0.260 e. The molecule has 0 aliphatic carbocycles. The van der Waals surface area contributed by atoms with Crippen molar-refractivity contribution < 1.29 is 27.5 Å². The summed E-state index contributed by atoms with van der Waals surface area (Å²) in [5, 5.41) is 14.6. The molecule has 2 N–H and O–H groups in total. The Hall–Kier alpha value is -3.11. The van der Waals surface area contributed by atoms with Crippen LogP contribution in [0, 0.1) is 5.82 Å². The Morgan fingerprint density at radius 1 is 1.29 bits per heavy atom. The number of nitrogens with zero attached hydrogens (tertiary/aromatic N) is 2. The fraction of sp³-hybridized carbons (Fsp3) is 0.400. The van der Waals surface area contributed by atoms with E-state index in [1.165, 1.54) is 19.2 Å². The number of rotatable bonds is 9. The number of hydrogen-bond acceptors (Lipinski definition) is 7. The summed E-state index contributed by atoms with van der Waals surface area (Å²) in [6.45, 7) is 2.21. The normalized spacial score (nSPS) is 20.9. The topological polar surface area (TPSA) is 100 Å². The number of halogens is 1. The summed E-state index contributed by atoms with van der Waals surface area (Å²) >= 11 is 0. The van der Waals surface area contributed by atoms with Crippen LogP contribution in [0.2, 0.25) is 0 Å². The number of aliphatic hydroxyl groups excluding tert-OH is 1. The number of piperidine rings is 1. The van der Waals surface area contributed by atoms with Crippen LogP contribution in [-0.4, -0.2) is 50.3 Å². The average molecular weight is 504 g/mol. The lowest BCUT2D eigenvalue weighted by molar-refractivity contribution is -0.137. The molecule has 1 unspecified atom stereocenters. The van der Waals surface area contributed by atoms with Crippen LogP contribution in [0.4, 0.5) is 10.1 Å². The van der Waals surface area contributed by atoms with Gasteiger partial charge in [-0.15, -0.1) is 0 Å². The van der Waals surface area contributed by atoms with Gasteiger partial charge in [0.15, 0.2) is 5.84 Å². The summed E-state index contributed by atoms with van der Waals surface area (Å²) < 4.78 is 46.2. The molecule has 0 bridgehead atoms. The van der Waals surface area contributed by atoms with Crippen LogP contribution in [0.15, 0.2) is 53.2 Å². The summed E-state index contributed by atoms with van der Waals surface area (Å²) in [6.07, 6.45) is 4.87. The lowest BCUT2D eigenvalue weighted by atomic mass is 9.95. The molecule has 0 aromatic heterocycles. The van der Waals surface area contributed by atoms with E-state index in [2.05, 4.69) is 9.88 Å². The van der Waals surface area contributed by atoms with E-state index in [0.29, 0.717) is 35.8 Å². The standard InChI is InChI=1S/C25H30FN3O5S/c1-3-4-14-35(31,32)28-22-12-7-18(16-23(22)33-2)15-19-6-5-13-29-24(19)27-34-25(29,17-30)20-8-10-21(26)11-9-20/h7-12,15-16,28,30H,3-6,13-14,17H2,1-2H3. The molecule has 35 heavy (non-hydrogen) atoms. The maximum Gasteiger partial charge on any atom is 0.260 e. The lowest BCUT2D eigenvalue weighted by Crippen LogP contribution is -2.51. The van der Waals surface area contributed by atoms with Crippen molar-refractivity contribution in [1.29, 1.82) is 0 Å². The predicted octanol–water partition coefficient (Wildman–Crippen LogP) is 4.04. The van der Waals surface area contributed by atoms with Crippen molar-refractivity contribution in [2.24, 2.45) is 5.16 Å². The summed E-state index contributed by atoms with van der Waals surface area (Å²) in [6, 6.07) is 11.1. The second-order valence-corrected chi connectivity index (χ2v) is 10.5. The Morgan fingerprint density at radius 3 is 2.74 bits per heavy atom. The zero-order chi connectivity index (χ0) is 25.1. The molecule has 2 aliphatic heterocycles. The number of nitrogens with one attached hydrogen (secondary N) is 1. The second-order valence-electron chi connectivity index (χ2n) is 8.61. The first-order valence-corrected chi connectivity index (χ1v) is 13.3. The molecule has 10 heteroatoms. The highest BCUT2D eigenvalue weighted by Gasteiger charge is 2.49. The Kier molecular flexibility index (Phi) is 7.32. The number of hydrogen-bond donors (Lipinski definition) is 2. The molecule has 0 saturated carbocycles. The zero-order valence-corrected chi connectivity index (χ0v) is 20.6. The largest absolute Gasteiger partial charge is 0.495 e. The molecule has 2 aromatic rings. The van der Waals surface area contributed by atoms with E-state index >= 15 is 0 Å². The molecule has 1 atom stereocenters. The highest BCUT2D eigenvalue weighted by atomic mass is 32.2. The van der Waals surface area contributed by atoms with Crippen molar-refractivity contribution in [3.8, 4) is 5.75 Å². The third kappa shape index (κ3) is 5.13. The molecule has 188 valence electrons. The minimum absolute atomic E-state index is 0.0504. The number of ether oxygens (including phenoxy) is 1. The van der Waals surface area contributed by atoms with Crippen LogP contribution in [0.3, 0.4) is 0 Å². The number of aliphatic hydroxyl groups is 1.